The molecule has 1 aromatic carbocycles. The van der Waals surface area contributed by atoms with Gasteiger partial charge in [0.1, 0.15) is 11.4 Å². The maximum absolute atomic E-state index is 12.4. The van der Waals surface area contributed by atoms with E-state index < -0.39 is 0 Å². The summed E-state index contributed by atoms with van der Waals surface area (Å²) in [7, 11) is 1.66. The second-order valence-corrected chi connectivity index (χ2v) is 6.28. The first-order valence-corrected chi connectivity index (χ1v) is 8.99. The molecule has 3 rings (SSSR count). The average molecular weight is 358 g/mol. The van der Waals surface area contributed by atoms with Crippen LogP contribution in [0.2, 0.25) is 0 Å². The van der Waals surface area contributed by atoms with Gasteiger partial charge in [0.2, 0.25) is 0 Å². The number of morpholine rings is 1. The highest BCUT2D eigenvalue weighted by atomic mass is 16.5. The van der Waals surface area contributed by atoms with Gasteiger partial charge in [-0.2, -0.15) is 5.10 Å². The molecule has 2 N–H and O–H groups in total. The normalized spacial score (nSPS) is 16.2. The number of aromatic nitrogens is 2. The lowest BCUT2D eigenvalue weighted by Crippen LogP contribution is -2.43. The van der Waals surface area contributed by atoms with Crippen molar-refractivity contribution in [1.82, 2.24) is 20.4 Å². The third-order valence-corrected chi connectivity index (χ3v) is 4.69. The molecule has 0 radical (unpaired) electrons. The molecule has 7 heteroatoms. The Morgan fingerprint density at radius 3 is 2.69 bits per heavy atom. The van der Waals surface area contributed by atoms with Gasteiger partial charge in [-0.3, -0.25) is 14.8 Å². The van der Waals surface area contributed by atoms with E-state index in [4.69, 9.17) is 9.47 Å². The topological polar surface area (TPSA) is 79.5 Å². The van der Waals surface area contributed by atoms with E-state index in [2.05, 4.69) is 32.5 Å². The molecular formula is C19H26N4O3. The number of ether oxygens (including phenoxy) is 2. The van der Waals surface area contributed by atoms with Crippen LogP contribution in [0.25, 0.3) is 0 Å². The Balaban J connectivity index is 1.71. The highest BCUT2D eigenvalue weighted by Crippen LogP contribution is 2.23. The van der Waals surface area contributed by atoms with Gasteiger partial charge in [0.25, 0.3) is 5.91 Å². The van der Waals surface area contributed by atoms with Crippen LogP contribution in [0.4, 0.5) is 0 Å². The molecule has 1 aliphatic rings. The van der Waals surface area contributed by atoms with Crippen molar-refractivity contribution in [2.75, 3.05) is 40.0 Å². The zero-order valence-corrected chi connectivity index (χ0v) is 15.3. The molecule has 140 valence electrons. The van der Waals surface area contributed by atoms with Gasteiger partial charge in [0, 0.05) is 25.3 Å². The van der Waals surface area contributed by atoms with Gasteiger partial charge in [-0.25, -0.2) is 0 Å². The van der Waals surface area contributed by atoms with E-state index in [9.17, 15) is 4.79 Å². The molecule has 0 bridgehead atoms. The number of carbonyl (C=O) groups excluding carboxylic acids is 1. The zero-order chi connectivity index (χ0) is 18.4. The molecule has 1 fully saturated rings. The van der Waals surface area contributed by atoms with Gasteiger partial charge in [-0.15, -0.1) is 0 Å². The summed E-state index contributed by atoms with van der Waals surface area (Å²) in [5, 5.41) is 9.99. The number of hydrogen-bond acceptors (Lipinski definition) is 5. The molecule has 2 aromatic rings. The Kier molecular flexibility index (Phi) is 6.25. The summed E-state index contributed by atoms with van der Waals surface area (Å²) in [4.78, 5) is 14.8. The van der Waals surface area contributed by atoms with E-state index in [0.29, 0.717) is 25.5 Å². The third-order valence-electron chi connectivity index (χ3n) is 4.69. The van der Waals surface area contributed by atoms with Gasteiger partial charge in [-0.05, 0) is 30.2 Å². The molecule has 26 heavy (non-hydrogen) atoms. The van der Waals surface area contributed by atoms with Crippen LogP contribution in [0.1, 0.15) is 34.7 Å². The van der Waals surface area contributed by atoms with Crippen LogP contribution in [0.3, 0.4) is 0 Å². The van der Waals surface area contributed by atoms with E-state index in [1.807, 2.05) is 19.1 Å². The van der Waals surface area contributed by atoms with Crippen molar-refractivity contribution in [3.63, 3.8) is 0 Å². The molecule has 1 aliphatic heterocycles. The lowest BCUT2D eigenvalue weighted by atomic mass is 10.0. The standard InChI is InChI=1S/C19H26N4O3/c1-3-15-12-17(22-21-15)19(24)20-13-18(23-8-10-26-11-9-23)14-4-6-16(25-2)7-5-14/h4-7,12,18H,3,8-11,13H2,1-2H3,(H,20,24)(H,21,22). The molecule has 0 saturated carbocycles. The highest BCUT2D eigenvalue weighted by molar-refractivity contribution is 5.92. The summed E-state index contributed by atoms with van der Waals surface area (Å²) < 4.78 is 10.7. The number of nitrogens with zero attached hydrogens (tertiary/aromatic N) is 2. The van der Waals surface area contributed by atoms with Gasteiger partial charge < -0.3 is 14.8 Å². The molecular weight excluding hydrogens is 332 g/mol. The van der Waals surface area contributed by atoms with E-state index >= 15 is 0 Å². The fourth-order valence-electron chi connectivity index (χ4n) is 3.11. The minimum absolute atomic E-state index is 0.0818. The SMILES string of the molecule is CCc1cc(C(=O)NCC(c2ccc(OC)cc2)N2CCOCC2)n[nH]1. The molecule has 1 aromatic heterocycles. The lowest BCUT2D eigenvalue weighted by Gasteiger charge is -2.35. The van der Waals surface area contributed by atoms with Crippen molar-refractivity contribution in [2.45, 2.75) is 19.4 Å². The molecule has 0 spiro atoms. The van der Waals surface area contributed by atoms with Gasteiger partial charge >= 0.3 is 0 Å². The van der Waals surface area contributed by atoms with Crippen LogP contribution >= 0.6 is 0 Å². The van der Waals surface area contributed by atoms with Crippen LogP contribution in [-0.4, -0.2) is 61.0 Å². The molecule has 7 nitrogen and oxygen atoms in total. The quantitative estimate of drug-likeness (QED) is 0.789. The molecule has 1 amide bonds. The summed E-state index contributed by atoms with van der Waals surface area (Å²) in [5.41, 5.74) is 2.52. The Hall–Kier alpha value is -2.38. The number of aromatic amines is 1. The maximum atomic E-state index is 12.4. The van der Waals surface area contributed by atoms with Crippen LogP contribution in [-0.2, 0) is 11.2 Å². The van der Waals surface area contributed by atoms with Crippen LogP contribution in [0.5, 0.6) is 5.75 Å². The van der Waals surface area contributed by atoms with Crippen molar-refractivity contribution in [3.05, 3.63) is 47.3 Å². The van der Waals surface area contributed by atoms with Crippen molar-refractivity contribution >= 4 is 5.91 Å². The van der Waals surface area contributed by atoms with Crippen molar-refractivity contribution < 1.29 is 14.3 Å². The number of rotatable bonds is 7. The second kappa shape index (κ2) is 8.82. The predicted octanol–water partition coefficient (Wildman–Crippen LogP) is 1.78. The fourth-order valence-corrected chi connectivity index (χ4v) is 3.11. The number of benzene rings is 1. The first-order valence-electron chi connectivity index (χ1n) is 8.99. The summed E-state index contributed by atoms with van der Waals surface area (Å²) >= 11 is 0. The lowest BCUT2D eigenvalue weighted by molar-refractivity contribution is 0.0162. The highest BCUT2D eigenvalue weighted by Gasteiger charge is 2.24. The molecule has 1 saturated heterocycles. The Bertz CT molecular complexity index is 708. The summed E-state index contributed by atoms with van der Waals surface area (Å²) in [6.45, 7) is 5.64. The Morgan fingerprint density at radius 2 is 2.08 bits per heavy atom. The van der Waals surface area contributed by atoms with Crippen LogP contribution < -0.4 is 10.1 Å². The first-order chi connectivity index (χ1) is 12.7. The van der Waals surface area contributed by atoms with E-state index in [-0.39, 0.29) is 11.9 Å². The number of aryl methyl sites for hydroxylation is 1. The van der Waals surface area contributed by atoms with Gasteiger partial charge in [-0.1, -0.05) is 19.1 Å². The third kappa shape index (κ3) is 4.42. The van der Waals surface area contributed by atoms with Crippen molar-refractivity contribution in [1.29, 1.82) is 0 Å². The molecule has 2 heterocycles. The van der Waals surface area contributed by atoms with Crippen LogP contribution in [0.15, 0.2) is 30.3 Å². The van der Waals surface area contributed by atoms with E-state index in [0.717, 1.165) is 36.5 Å². The van der Waals surface area contributed by atoms with Crippen LogP contribution in [0, 0.1) is 0 Å². The largest absolute Gasteiger partial charge is 0.497 e. The van der Waals surface area contributed by atoms with Gasteiger partial charge in [0.05, 0.1) is 26.4 Å². The summed E-state index contributed by atoms with van der Waals surface area (Å²) in [5.74, 6) is 0.662. The first kappa shape index (κ1) is 18.4. The van der Waals surface area contributed by atoms with Crippen molar-refractivity contribution in [2.24, 2.45) is 0 Å². The number of hydrogen-bond donors (Lipinski definition) is 2. The monoisotopic (exact) mass is 358 g/mol. The molecule has 1 unspecified atom stereocenters. The number of carbonyl (C=O) groups is 1. The predicted molar refractivity (Wildman–Crippen MR) is 98.4 cm³/mol. The van der Waals surface area contributed by atoms with Crippen molar-refractivity contribution in [3.8, 4) is 5.75 Å². The summed E-state index contributed by atoms with van der Waals surface area (Å²) in [6.07, 6.45) is 0.822. The minimum atomic E-state index is -0.160. The smallest absolute Gasteiger partial charge is 0.271 e. The zero-order valence-electron chi connectivity index (χ0n) is 15.3. The Morgan fingerprint density at radius 1 is 1.35 bits per heavy atom. The van der Waals surface area contributed by atoms with E-state index in [1.165, 1.54) is 0 Å². The summed E-state index contributed by atoms with van der Waals surface area (Å²) in [6, 6.07) is 9.88. The average Bonchev–Trinajstić information content (AvgIpc) is 3.19. The number of H-pyrrole nitrogens is 1. The molecule has 0 aliphatic carbocycles. The van der Waals surface area contributed by atoms with E-state index in [1.54, 1.807) is 13.2 Å². The number of methoxy groups -OCH3 is 1. The maximum Gasteiger partial charge on any atom is 0.271 e. The Labute approximate surface area is 153 Å². The number of amides is 1. The van der Waals surface area contributed by atoms with Gasteiger partial charge in [0.15, 0.2) is 0 Å². The second-order valence-electron chi connectivity index (χ2n) is 6.28. The fraction of sp³-hybridized carbons (Fsp3) is 0.474. The minimum Gasteiger partial charge on any atom is -0.497 e. The number of nitrogens with one attached hydrogen (secondary N) is 2. The molecule has 1 atom stereocenters.